The van der Waals surface area contributed by atoms with Gasteiger partial charge in [-0.2, -0.15) is 0 Å². The summed E-state index contributed by atoms with van der Waals surface area (Å²) in [5.74, 6) is -2.78. The first-order valence-electron chi connectivity index (χ1n) is 7.75. The molecule has 2 N–H and O–H groups in total. The molecule has 0 bridgehead atoms. The van der Waals surface area contributed by atoms with E-state index in [9.17, 15) is 14.0 Å². The van der Waals surface area contributed by atoms with E-state index in [0.717, 1.165) is 27.4 Å². The third-order valence-electron chi connectivity index (χ3n) is 3.85. The van der Waals surface area contributed by atoms with Crippen molar-refractivity contribution in [3.63, 3.8) is 0 Å². The van der Waals surface area contributed by atoms with E-state index in [4.69, 9.17) is 16.7 Å². The number of rotatable bonds is 4. The predicted octanol–water partition coefficient (Wildman–Crippen LogP) is 5.66. The average molecular weight is 449 g/mol. The van der Waals surface area contributed by atoms with Crippen molar-refractivity contribution in [3.05, 3.63) is 81.0 Å². The number of anilines is 1. The van der Waals surface area contributed by atoms with E-state index in [1.807, 2.05) is 36.4 Å². The van der Waals surface area contributed by atoms with Gasteiger partial charge in [-0.05, 0) is 56.5 Å². The topological polar surface area (TPSA) is 66.4 Å². The van der Waals surface area contributed by atoms with Crippen molar-refractivity contribution in [1.29, 1.82) is 0 Å². The fraction of sp³-hybridized carbons (Fsp3) is 0. The third kappa shape index (κ3) is 4.18. The summed E-state index contributed by atoms with van der Waals surface area (Å²) in [5.41, 5.74) is 0.282. The summed E-state index contributed by atoms with van der Waals surface area (Å²) in [5, 5.41) is 13.4. The van der Waals surface area contributed by atoms with Gasteiger partial charge in [0.15, 0.2) is 0 Å². The Hall–Kier alpha value is -2.70. The number of hydrogen-bond donors (Lipinski definition) is 2. The van der Waals surface area contributed by atoms with Gasteiger partial charge in [-0.25, -0.2) is 9.18 Å². The van der Waals surface area contributed by atoms with Gasteiger partial charge in [0.25, 0.3) is 5.91 Å². The lowest BCUT2D eigenvalue weighted by Crippen LogP contribution is -2.14. The van der Waals surface area contributed by atoms with Gasteiger partial charge < -0.3 is 10.4 Å². The van der Waals surface area contributed by atoms with Crippen LogP contribution in [0.2, 0.25) is 0 Å². The van der Waals surface area contributed by atoms with Crippen LogP contribution in [0, 0.1) is 5.82 Å². The van der Waals surface area contributed by atoms with Crippen LogP contribution in [-0.4, -0.2) is 17.0 Å². The maximum Gasteiger partial charge on any atom is 0.337 e. The Morgan fingerprint density at radius 1 is 1.11 bits per heavy atom. The quantitative estimate of drug-likeness (QED) is 0.506. The first kappa shape index (κ1) is 19.1. The molecule has 0 heterocycles. The van der Waals surface area contributed by atoms with Crippen LogP contribution in [0.4, 0.5) is 10.1 Å². The number of carbonyl (C=O) groups excluding carboxylic acids is 1. The normalized spacial score (nSPS) is 11.4. The molecule has 0 unspecified atom stereocenters. The van der Waals surface area contributed by atoms with E-state index in [0.29, 0.717) is 5.56 Å². The lowest BCUT2D eigenvalue weighted by molar-refractivity contribution is -0.112. The predicted molar refractivity (Wildman–Crippen MR) is 107 cm³/mol. The first-order valence-corrected chi connectivity index (χ1v) is 8.92. The number of fused-ring (bicyclic) bond motifs is 1. The number of carboxylic acid groups (broad SMARTS) is 1. The number of benzene rings is 3. The highest BCUT2D eigenvalue weighted by Crippen LogP contribution is 2.30. The van der Waals surface area contributed by atoms with Gasteiger partial charge in [-0.1, -0.05) is 48.0 Å². The molecule has 0 aliphatic carbocycles. The Morgan fingerprint density at radius 3 is 2.59 bits per heavy atom. The van der Waals surface area contributed by atoms with Crippen LogP contribution in [0.3, 0.4) is 0 Å². The van der Waals surface area contributed by atoms with Gasteiger partial charge in [0.05, 0.1) is 11.3 Å². The molecule has 0 saturated heterocycles. The van der Waals surface area contributed by atoms with Crippen LogP contribution in [0.15, 0.2) is 64.1 Å². The molecule has 0 aliphatic rings. The van der Waals surface area contributed by atoms with Gasteiger partial charge >= 0.3 is 5.97 Å². The Labute approximate surface area is 167 Å². The summed E-state index contributed by atoms with van der Waals surface area (Å²) in [4.78, 5) is 23.6. The van der Waals surface area contributed by atoms with Gasteiger partial charge in [0, 0.05) is 4.47 Å². The molecule has 0 saturated carbocycles. The molecule has 136 valence electrons. The SMILES string of the molecule is O=C(Nc1ccc(F)cc1C(=O)O)C(Cl)=Cc1ccc2ccccc2c1Br. The number of hydrogen-bond acceptors (Lipinski definition) is 2. The van der Waals surface area contributed by atoms with Crippen molar-refractivity contribution in [2.24, 2.45) is 0 Å². The second-order valence-corrected chi connectivity index (χ2v) is 6.83. The summed E-state index contributed by atoms with van der Waals surface area (Å²) in [7, 11) is 0. The van der Waals surface area contributed by atoms with E-state index in [1.165, 1.54) is 12.1 Å². The summed E-state index contributed by atoms with van der Waals surface area (Å²) in [6.45, 7) is 0. The highest BCUT2D eigenvalue weighted by molar-refractivity contribution is 9.10. The minimum absolute atomic E-state index is 0.0435. The molecule has 0 atom stereocenters. The van der Waals surface area contributed by atoms with Crippen molar-refractivity contribution in [2.75, 3.05) is 5.32 Å². The summed E-state index contributed by atoms with van der Waals surface area (Å²) in [6.07, 6.45) is 1.47. The minimum Gasteiger partial charge on any atom is -0.478 e. The molecule has 4 nitrogen and oxygen atoms in total. The van der Waals surface area contributed by atoms with Crippen LogP contribution in [0.5, 0.6) is 0 Å². The van der Waals surface area contributed by atoms with Crippen LogP contribution < -0.4 is 5.32 Å². The summed E-state index contributed by atoms with van der Waals surface area (Å²) >= 11 is 9.62. The second-order valence-electron chi connectivity index (χ2n) is 5.63. The fourth-order valence-electron chi connectivity index (χ4n) is 2.55. The molecule has 3 rings (SSSR count). The smallest absolute Gasteiger partial charge is 0.337 e. The highest BCUT2D eigenvalue weighted by atomic mass is 79.9. The molecule has 27 heavy (non-hydrogen) atoms. The second kappa shape index (κ2) is 7.90. The zero-order chi connectivity index (χ0) is 19.6. The first-order chi connectivity index (χ1) is 12.9. The Bertz CT molecular complexity index is 1100. The zero-order valence-corrected chi connectivity index (χ0v) is 16.0. The summed E-state index contributed by atoms with van der Waals surface area (Å²) in [6, 6.07) is 14.5. The Kier molecular flexibility index (Phi) is 5.58. The minimum atomic E-state index is -1.36. The molecule has 0 aliphatic heterocycles. The van der Waals surface area contributed by atoms with Crippen molar-refractivity contribution in [2.45, 2.75) is 0 Å². The van der Waals surface area contributed by atoms with Crippen LogP contribution in [0.25, 0.3) is 16.8 Å². The Morgan fingerprint density at radius 2 is 1.85 bits per heavy atom. The van der Waals surface area contributed by atoms with E-state index in [1.54, 1.807) is 0 Å². The maximum atomic E-state index is 13.2. The van der Waals surface area contributed by atoms with Crippen molar-refractivity contribution in [3.8, 4) is 0 Å². The third-order valence-corrected chi connectivity index (χ3v) is 5.02. The van der Waals surface area contributed by atoms with Gasteiger partial charge in [-0.15, -0.1) is 0 Å². The summed E-state index contributed by atoms with van der Waals surface area (Å²) < 4.78 is 14.0. The molecular formula is C20H12BrClFNO3. The van der Waals surface area contributed by atoms with E-state index >= 15 is 0 Å². The number of halogens is 3. The zero-order valence-electron chi connectivity index (χ0n) is 13.7. The molecule has 3 aromatic carbocycles. The van der Waals surface area contributed by atoms with Crippen molar-refractivity contribution >= 4 is 61.9 Å². The largest absolute Gasteiger partial charge is 0.478 e. The molecule has 7 heteroatoms. The van der Waals surface area contributed by atoms with Crippen molar-refractivity contribution in [1.82, 2.24) is 0 Å². The average Bonchev–Trinajstić information content (AvgIpc) is 2.65. The number of aromatic carboxylic acids is 1. The number of nitrogens with one attached hydrogen (secondary N) is 1. The molecule has 0 fully saturated rings. The highest BCUT2D eigenvalue weighted by Gasteiger charge is 2.16. The van der Waals surface area contributed by atoms with Crippen LogP contribution >= 0.6 is 27.5 Å². The number of carboxylic acids is 1. The molecule has 0 spiro atoms. The lowest BCUT2D eigenvalue weighted by atomic mass is 10.1. The van der Waals surface area contributed by atoms with Gasteiger partial charge in [0.1, 0.15) is 10.8 Å². The monoisotopic (exact) mass is 447 g/mol. The fourth-order valence-corrected chi connectivity index (χ4v) is 3.32. The van der Waals surface area contributed by atoms with Crippen LogP contribution in [-0.2, 0) is 4.79 Å². The van der Waals surface area contributed by atoms with Crippen LogP contribution in [0.1, 0.15) is 15.9 Å². The molecular weight excluding hydrogens is 437 g/mol. The van der Waals surface area contributed by atoms with E-state index in [2.05, 4.69) is 21.2 Å². The molecule has 1 amide bonds. The van der Waals surface area contributed by atoms with Gasteiger partial charge in [-0.3, -0.25) is 4.79 Å². The van der Waals surface area contributed by atoms with Crippen molar-refractivity contribution < 1.29 is 19.1 Å². The van der Waals surface area contributed by atoms with E-state index in [-0.39, 0.29) is 16.3 Å². The van der Waals surface area contributed by atoms with E-state index < -0.39 is 17.7 Å². The standard InChI is InChI=1S/C20H12BrClFNO3/c21-18-12(6-5-11-3-1-2-4-14(11)18)9-16(22)19(25)24-17-8-7-13(23)10-15(17)20(26)27/h1-10H,(H,24,25)(H,26,27). The number of amides is 1. The Balaban J connectivity index is 1.90. The molecule has 0 aromatic heterocycles. The lowest BCUT2D eigenvalue weighted by Gasteiger charge is -2.09. The molecule has 0 radical (unpaired) electrons. The number of carbonyl (C=O) groups is 2. The molecule has 3 aromatic rings. The maximum absolute atomic E-state index is 13.2. The van der Waals surface area contributed by atoms with Gasteiger partial charge in [0.2, 0.25) is 0 Å².